The van der Waals surface area contributed by atoms with Crippen molar-refractivity contribution in [3.05, 3.63) is 47.3 Å². The Balaban J connectivity index is 1.56. The predicted octanol–water partition coefficient (Wildman–Crippen LogP) is 3.29. The molecule has 26 heavy (non-hydrogen) atoms. The Morgan fingerprint density at radius 2 is 2.27 bits per heavy atom. The number of hydrogen-bond acceptors (Lipinski definition) is 6. The smallest absolute Gasteiger partial charge is 0.254 e. The molecular formula is C19H21N3O4. The fraction of sp³-hybridized carbons (Fsp3) is 0.421. The summed E-state index contributed by atoms with van der Waals surface area (Å²) in [7, 11) is 1.64. The number of rotatable bonds is 5. The van der Waals surface area contributed by atoms with E-state index in [2.05, 4.69) is 10.1 Å². The normalized spacial score (nSPS) is 17.3. The van der Waals surface area contributed by atoms with Gasteiger partial charge in [0.15, 0.2) is 5.82 Å². The molecular weight excluding hydrogens is 334 g/mol. The Morgan fingerprint density at radius 1 is 1.38 bits per heavy atom. The first-order chi connectivity index (χ1) is 12.7. The molecule has 0 N–H and O–H groups in total. The second kappa shape index (κ2) is 6.92. The van der Waals surface area contributed by atoms with Crippen LogP contribution in [0.2, 0.25) is 0 Å². The third-order valence-corrected chi connectivity index (χ3v) is 4.70. The molecule has 1 aromatic carbocycles. The molecule has 0 aliphatic carbocycles. The van der Waals surface area contributed by atoms with Crippen molar-refractivity contribution in [2.75, 3.05) is 20.3 Å². The first kappa shape index (κ1) is 16.8. The lowest BCUT2D eigenvalue weighted by Crippen LogP contribution is -2.30. The van der Waals surface area contributed by atoms with Gasteiger partial charge in [-0.05, 0) is 44.0 Å². The molecule has 7 nitrogen and oxygen atoms in total. The lowest BCUT2D eigenvalue weighted by atomic mass is 10.1. The maximum atomic E-state index is 13.0. The highest BCUT2D eigenvalue weighted by Crippen LogP contribution is 2.33. The molecule has 1 aliphatic rings. The number of benzene rings is 1. The standard InChI is InChI=1S/C19H21N3O4/c1-12-10-14-11-13(5-6-16(14)25-12)19(23)22-8-3-4-15(22)18-20-17(21-26-18)7-9-24-2/h5-6,10-11,15H,3-4,7-9H2,1-2H3/t15-/m0/s1. The summed E-state index contributed by atoms with van der Waals surface area (Å²) in [5.74, 6) is 1.92. The highest BCUT2D eigenvalue weighted by atomic mass is 16.5. The number of likely N-dealkylation sites (tertiary alicyclic amines) is 1. The van der Waals surface area contributed by atoms with Gasteiger partial charge in [0.1, 0.15) is 17.4 Å². The molecule has 4 rings (SSSR count). The molecule has 1 aliphatic heterocycles. The van der Waals surface area contributed by atoms with Gasteiger partial charge < -0.3 is 18.6 Å². The van der Waals surface area contributed by atoms with E-state index in [1.54, 1.807) is 13.2 Å². The monoisotopic (exact) mass is 355 g/mol. The van der Waals surface area contributed by atoms with Gasteiger partial charge in [0, 0.05) is 31.0 Å². The summed E-state index contributed by atoms with van der Waals surface area (Å²) in [6.07, 6.45) is 2.33. The summed E-state index contributed by atoms with van der Waals surface area (Å²) in [6.45, 7) is 3.12. The van der Waals surface area contributed by atoms with Gasteiger partial charge in [-0.2, -0.15) is 4.98 Å². The summed E-state index contributed by atoms with van der Waals surface area (Å²) in [6, 6.07) is 7.29. The van der Waals surface area contributed by atoms with E-state index in [1.807, 2.05) is 30.0 Å². The summed E-state index contributed by atoms with van der Waals surface area (Å²) in [5, 5.41) is 4.93. The van der Waals surface area contributed by atoms with Crippen LogP contribution in [0.25, 0.3) is 11.0 Å². The molecule has 0 saturated carbocycles. The summed E-state index contributed by atoms with van der Waals surface area (Å²) >= 11 is 0. The van der Waals surface area contributed by atoms with Crippen molar-refractivity contribution in [3.63, 3.8) is 0 Å². The van der Waals surface area contributed by atoms with Crippen molar-refractivity contribution >= 4 is 16.9 Å². The summed E-state index contributed by atoms with van der Waals surface area (Å²) < 4.78 is 16.0. The molecule has 0 unspecified atom stereocenters. The van der Waals surface area contributed by atoms with E-state index in [1.165, 1.54) is 0 Å². The molecule has 1 saturated heterocycles. The van der Waals surface area contributed by atoms with Gasteiger partial charge in [0.2, 0.25) is 5.89 Å². The SMILES string of the molecule is COCCc1noc([C@@H]2CCCN2C(=O)c2ccc3oc(C)cc3c2)n1. The number of carbonyl (C=O) groups excluding carboxylic acids is 1. The average Bonchev–Trinajstić information content (AvgIpc) is 3.36. The minimum Gasteiger partial charge on any atom is -0.461 e. The number of fused-ring (bicyclic) bond motifs is 1. The Kier molecular flexibility index (Phi) is 4.46. The van der Waals surface area contributed by atoms with Crippen LogP contribution in [0.1, 0.15) is 46.7 Å². The van der Waals surface area contributed by atoms with Crippen LogP contribution in [0.5, 0.6) is 0 Å². The van der Waals surface area contributed by atoms with Gasteiger partial charge in [-0.1, -0.05) is 5.16 Å². The zero-order valence-corrected chi connectivity index (χ0v) is 14.9. The van der Waals surface area contributed by atoms with Crippen LogP contribution in [0, 0.1) is 6.92 Å². The van der Waals surface area contributed by atoms with Crippen LogP contribution in [0.15, 0.2) is 33.2 Å². The minimum atomic E-state index is -0.173. The fourth-order valence-corrected chi connectivity index (χ4v) is 3.44. The molecule has 3 aromatic rings. The van der Waals surface area contributed by atoms with Gasteiger partial charge in [0.25, 0.3) is 5.91 Å². The van der Waals surface area contributed by atoms with Crippen LogP contribution in [-0.4, -0.2) is 41.2 Å². The second-order valence-electron chi connectivity index (χ2n) is 6.56. The summed E-state index contributed by atoms with van der Waals surface area (Å²) in [4.78, 5) is 19.3. The zero-order valence-electron chi connectivity index (χ0n) is 14.9. The van der Waals surface area contributed by atoms with Crippen molar-refractivity contribution in [1.29, 1.82) is 0 Å². The number of hydrogen-bond donors (Lipinski definition) is 0. The third-order valence-electron chi connectivity index (χ3n) is 4.70. The third kappa shape index (κ3) is 3.10. The van der Waals surface area contributed by atoms with Crippen molar-refractivity contribution in [3.8, 4) is 0 Å². The first-order valence-corrected chi connectivity index (χ1v) is 8.78. The van der Waals surface area contributed by atoms with Gasteiger partial charge >= 0.3 is 0 Å². The number of ether oxygens (including phenoxy) is 1. The van der Waals surface area contributed by atoms with Gasteiger partial charge in [-0.3, -0.25) is 4.79 Å². The number of furan rings is 1. The number of aryl methyl sites for hydroxylation is 1. The van der Waals surface area contributed by atoms with E-state index in [9.17, 15) is 4.79 Å². The van der Waals surface area contributed by atoms with Crippen molar-refractivity contribution < 1.29 is 18.5 Å². The van der Waals surface area contributed by atoms with E-state index in [-0.39, 0.29) is 11.9 Å². The Hall–Kier alpha value is -2.67. The highest BCUT2D eigenvalue weighted by molar-refractivity contribution is 5.98. The largest absolute Gasteiger partial charge is 0.461 e. The van der Waals surface area contributed by atoms with Gasteiger partial charge in [-0.25, -0.2) is 0 Å². The van der Waals surface area contributed by atoms with Crippen LogP contribution in [0.4, 0.5) is 0 Å². The van der Waals surface area contributed by atoms with Crippen molar-refractivity contribution in [1.82, 2.24) is 15.0 Å². The topological polar surface area (TPSA) is 81.6 Å². The highest BCUT2D eigenvalue weighted by Gasteiger charge is 2.34. The quantitative estimate of drug-likeness (QED) is 0.698. The maximum Gasteiger partial charge on any atom is 0.254 e. The first-order valence-electron chi connectivity index (χ1n) is 8.78. The molecule has 7 heteroatoms. The molecule has 1 amide bonds. The lowest BCUT2D eigenvalue weighted by Gasteiger charge is -2.21. The maximum absolute atomic E-state index is 13.0. The predicted molar refractivity (Wildman–Crippen MR) is 93.8 cm³/mol. The Bertz CT molecular complexity index is 930. The molecule has 1 fully saturated rings. The minimum absolute atomic E-state index is 0.0232. The molecule has 136 valence electrons. The molecule has 2 aromatic heterocycles. The Morgan fingerprint density at radius 3 is 3.12 bits per heavy atom. The summed E-state index contributed by atoms with van der Waals surface area (Å²) in [5.41, 5.74) is 1.43. The zero-order chi connectivity index (χ0) is 18.1. The van der Waals surface area contributed by atoms with E-state index in [0.717, 1.165) is 29.6 Å². The van der Waals surface area contributed by atoms with Crippen LogP contribution >= 0.6 is 0 Å². The number of carbonyl (C=O) groups is 1. The molecule has 3 heterocycles. The van der Waals surface area contributed by atoms with E-state index in [0.29, 0.717) is 36.9 Å². The second-order valence-corrected chi connectivity index (χ2v) is 6.56. The van der Waals surface area contributed by atoms with Crippen LogP contribution < -0.4 is 0 Å². The number of methoxy groups -OCH3 is 1. The van der Waals surface area contributed by atoms with E-state index < -0.39 is 0 Å². The van der Waals surface area contributed by atoms with E-state index in [4.69, 9.17) is 13.7 Å². The molecule has 0 radical (unpaired) electrons. The lowest BCUT2D eigenvalue weighted by molar-refractivity contribution is 0.0710. The number of nitrogens with zero attached hydrogens (tertiary/aromatic N) is 3. The molecule has 0 bridgehead atoms. The number of amides is 1. The van der Waals surface area contributed by atoms with Gasteiger partial charge in [0.05, 0.1) is 6.61 Å². The molecule has 0 spiro atoms. The van der Waals surface area contributed by atoms with Crippen LogP contribution in [-0.2, 0) is 11.2 Å². The van der Waals surface area contributed by atoms with Gasteiger partial charge in [-0.15, -0.1) is 0 Å². The van der Waals surface area contributed by atoms with Crippen LogP contribution in [0.3, 0.4) is 0 Å². The fourth-order valence-electron chi connectivity index (χ4n) is 3.44. The number of aromatic nitrogens is 2. The van der Waals surface area contributed by atoms with Crippen molar-refractivity contribution in [2.24, 2.45) is 0 Å². The van der Waals surface area contributed by atoms with Crippen molar-refractivity contribution in [2.45, 2.75) is 32.2 Å². The average molecular weight is 355 g/mol. The van der Waals surface area contributed by atoms with E-state index >= 15 is 0 Å². The Labute approximate surface area is 150 Å². The molecule has 1 atom stereocenters.